The van der Waals surface area contributed by atoms with Crippen LogP contribution in [-0.4, -0.2) is 18.1 Å². The highest BCUT2D eigenvalue weighted by atomic mass is 79.9. The van der Waals surface area contributed by atoms with Gasteiger partial charge in [-0.15, -0.1) is 0 Å². The van der Waals surface area contributed by atoms with Crippen molar-refractivity contribution in [1.82, 2.24) is 0 Å². The van der Waals surface area contributed by atoms with E-state index >= 15 is 0 Å². The maximum atomic E-state index is 12.2. The molecule has 21 heavy (non-hydrogen) atoms. The van der Waals surface area contributed by atoms with Gasteiger partial charge in [-0.2, -0.15) is 0 Å². The van der Waals surface area contributed by atoms with Crippen molar-refractivity contribution in [1.29, 1.82) is 0 Å². The summed E-state index contributed by atoms with van der Waals surface area (Å²) in [5.74, 6) is -0.00229. The minimum Gasteiger partial charge on any atom is -0.504 e. The normalized spacial score (nSPS) is 10.0. The molecule has 2 N–H and O–H groups in total. The van der Waals surface area contributed by atoms with Crippen LogP contribution >= 0.6 is 15.9 Å². The lowest BCUT2D eigenvalue weighted by Gasteiger charge is -2.10. The Morgan fingerprint density at radius 2 is 1.90 bits per heavy atom. The second kappa shape index (κ2) is 6.45. The molecule has 2 aromatic carbocycles. The molecular weight excluding hydrogens is 334 g/mol. The van der Waals surface area contributed by atoms with Gasteiger partial charge in [-0.1, -0.05) is 28.6 Å². The Bertz CT molecular complexity index is 680. The lowest BCUT2D eigenvalue weighted by atomic mass is 10.1. The number of hydrogen-bond donors (Lipinski definition) is 2. The fourth-order valence-electron chi connectivity index (χ4n) is 1.74. The molecule has 0 saturated carbocycles. The van der Waals surface area contributed by atoms with E-state index in [-0.39, 0.29) is 17.2 Å². The Hall–Kier alpha value is -2.27. The molecule has 2 rings (SSSR count). The largest absolute Gasteiger partial charge is 0.504 e. The SMILES string of the molecule is C=C(C(=O)Nc1ccc(Br)cc1)c1ccc(O)c(OC)c1. The monoisotopic (exact) mass is 347 g/mol. The molecule has 4 nitrogen and oxygen atoms in total. The lowest BCUT2D eigenvalue weighted by molar-refractivity contribution is -0.111. The van der Waals surface area contributed by atoms with Crippen LogP contribution in [0, 0.1) is 0 Å². The van der Waals surface area contributed by atoms with Gasteiger partial charge in [0.05, 0.1) is 7.11 Å². The van der Waals surface area contributed by atoms with Crippen LogP contribution in [0.25, 0.3) is 5.57 Å². The molecule has 0 spiro atoms. The van der Waals surface area contributed by atoms with Gasteiger partial charge in [0, 0.05) is 15.7 Å². The van der Waals surface area contributed by atoms with E-state index in [2.05, 4.69) is 27.8 Å². The van der Waals surface area contributed by atoms with Gasteiger partial charge in [-0.3, -0.25) is 4.79 Å². The zero-order valence-electron chi connectivity index (χ0n) is 11.4. The number of carbonyl (C=O) groups is 1. The minimum atomic E-state index is -0.315. The summed E-state index contributed by atoms with van der Waals surface area (Å²) >= 11 is 3.33. The van der Waals surface area contributed by atoms with Gasteiger partial charge in [-0.25, -0.2) is 0 Å². The minimum absolute atomic E-state index is 0.0161. The van der Waals surface area contributed by atoms with Crippen molar-refractivity contribution in [2.75, 3.05) is 12.4 Å². The number of hydrogen-bond acceptors (Lipinski definition) is 3. The molecule has 108 valence electrons. The van der Waals surface area contributed by atoms with Gasteiger partial charge in [0.25, 0.3) is 5.91 Å². The standard InChI is InChI=1S/C16H14BrNO3/c1-10(11-3-8-14(19)15(9-11)21-2)16(20)18-13-6-4-12(17)5-7-13/h3-9,19H,1H2,2H3,(H,18,20). The fraction of sp³-hybridized carbons (Fsp3) is 0.0625. The summed E-state index contributed by atoms with van der Waals surface area (Å²) in [7, 11) is 1.45. The molecule has 0 atom stereocenters. The van der Waals surface area contributed by atoms with Crippen LogP contribution in [0.5, 0.6) is 11.5 Å². The molecule has 2 aromatic rings. The average Bonchev–Trinajstić information content (AvgIpc) is 2.49. The molecule has 0 unspecified atom stereocenters. The Morgan fingerprint density at radius 3 is 2.52 bits per heavy atom. The van der Waals surface area contributed by atoms with Crippen LogP contribution < -0.4 is 10.1 Å². The third-order valence-electron chi connectivity index (χ3n) is 2.90. The summed E-state index contributed by atoms with van der Waals surface area (Å²) in [5, 5.41) is 12.3. The van der Waals surface area contributed by atoms with Crippen molar-refractivity contribution in [3.8, 4) is 11.5 Å². The first-order valence-corrected chi connectivity index (χ1v) is 6.94. The Labute approximate surface area is 131 Å². The number of aromatic hydroxyl groups is 1. The van der Waals surface area contributed by atoms with Gasteiger partial charge < -0.3 is 15.2 Å². The van der Waals surface area contributed by atoms with Crippen molar-refractivity contribution in [2.45, 2.75) is 0 Å². The number of phenols is 1. The molecule has 0 heterocycles. The highest BCUT2D eigenvalue weighted by Crippen LogP contribution is 2.29. The molecule has 0 radical (unpaired) electrons. The first kappa shape index (κ1) is 15.1. The third kappa shape index (κ3) is 3.64. The Kier molecular flexibility index (Phi) is 4.65. The highest BCUT2D eigenvalue weighted by Gasteiger charge is 2.12. The van der Waals surface area contributed by atoms with E-state index in [9.17, 15) is 9.90 Å². The van der Waals surface area contributed by atoms with Gasteiger partial charge >= 0.3 is 0 Å². The maximum Gasteiger partial charge on any atom is 0.255 e. The van der Waals surface area contributed by atoms with Crippen LogP contribution in [-0.2, 0) is 4.79 Å². The molecule has 0 aliphatic heterocycles. The van der Waals surface area contributed by atoms with E-state index in [1.807, 2.05) is 12.1 Å². The van der Waals surface area contributed by atoms with E-state index in [1.54, 1.807) is 24.3 Å². The van der Waals surface area contributed by atoms with Crippen molar-refractivity contribution in [2.24, 2.45) is 0 Å². The van der Waals surface area contributed by atoms with Gasteiger partial charge in [0.2, 0.25) is 0 Å². The molecule has 1 amide bonds. The Morgan fingerprint density at radius 1 is 1.24 bits per heavy atom. The topological polar surface area (TPSA) is 58.6 Å². The maximum absolute atomic E-state index is 12.2. The van der Waals surface area contributed by atoms with E-state index in [4.69, 9.17) is 4.74 Å². The van der Waals surface area contributed by atoms with Gasteiger partial charge in [0.1, 0.15) is 0 Å². The van der Waals surface area contributed by atoms with Crippen LogP contribution in [0.4, 0.5) is 5.69 Å². The van der Waals surface area contributed by atoms with Crippen LogP contribution in [0.1, 0.15) is 5.56 Å². The fourth-order valence-corrected chi connectivity index (χ4v) is 2.00. The van der Waals surface area contributed by atoms with E-state index in [0.717, 1.165) is 4.47 Å². The molecule has 0 fully saturated rings. The van der Waals surface area contributed by atoms with Gasteiger partial charge in [-0.05, 0) is 42.0 Å². The molecular formula is C16H14BrNO3. The molecule has 0 aliphatic carbocycles. The van der Waals surface area contributed by atoms with Crippen LogP contribution in [0.3, 0.4) is 0 Å². The predicted molar refractivity (Wildman–Crippen MR) is 86.5 cm³/mol. The lowest BCUT2D eigenvalue weighted by Crippen LogP contribution is -2.12. The van der Waals surface area contributed by atoms with Crippen molar-refractivity contribution in [3.63, 3.8) is 0 Å². The number of benzene rings is 2. The zero-order valence-corrected chi connectivity index (χ0v) is 13.0. The van der Waals surface area contributed by atoms with Crippen molar-refractivity contribution >= 4 is 33.1 Å². The number of methoxy groups -OCH3 is 1. The number of amides is 1. The number of carbonyl (C=O) groups excluding carboxylic acids is 1. The Balaban J connectivity index is 2.15. The van der Waals surface area contributed by atoms with Crippen molar-refractivity contribution in [3.05, 3.63) is 59.1 Å². The first-order chi connectivity index (χ1) is 10.0. The number of anilines is 1. The number of nitrogens with one attached hydrogen (secondary N) is 1. The number of halogens is 1. The molecule has 5 heteroatoms. The molecule has 0 bridgehead atoms. The van der Waals surface area contributed by atoms with Gasteiger partial charge in [0.15, 0.2) is 11.5 Å². The van der Waals surface area contributed by atoms with Crippen LogP contribution in [0.2, 0.25) is 0 Å². The number of ether oxygens (including phenoxy) is 1. The number of phenolic OH excluding ortho intramolecular Hbond substituents is 1. The summed E-state index contributed by atoms with van der Waals surface area (Å²) in [4.78, 5) is 12.2. The van der Waals surface area contributed by atoms with E-state index < -0.39 is 0 Å². The van der Waals surface area contributed by atoms with E-state index in [0.29, 0.717) is 17.0 Å². The number of rotatable bonds is 4. The second-order valence-corrected chi connectivity index (χ2v) is 5.24. The second-order valence-electron chi connectivity index (χ2n) is 4.33. The third-order valence-corrected chi connectivity index (χ3v) is 3.43. The summed E-state index contributed by atoms with van der Waals surface area (Å²) in [6, 6.07) is 11.9. The smallest absolute Gasteiger partial charge is 0.255 e. The molecule has 0 aliphatic rings. The zero-order chi connectivity index (χ0) is 15.4. The summed E-state index contributed by atoms with van der Waals surface area (Å²) in [5.41, 5.74) is 1.55. The van der Waals surface area contributed by atoms with Crippen molar-refractivity contribution < 1.29 is 14.6 Å². The first-order valence-electron chi connectivity index (χ1n) is 6.14. The summed E-state index contributed by atoms with van der Waals surface area (Å²) < 4.78 is 5.95. The average molecular weight is 348 g/mol. The molecule has 0 aromatic heterocycles. The van der Waals surface area contributed by atoms with E-state index in [1.165, 1.54) is 13.2 Å². The quantitative estimate of drug-likeness (QED) is 0.826. The molecule has 0 saturated heterocycles. The highest BCUT2D eigenvalue weighted by molar-refractivity contribution is 9.10. The summed E-state index contributed by atoms with van der Waals surface area (Å²) in [6.45, 7) is 3.79. The van der Waals surface area contributed by atoms with Crippen LogP contribution in [0.15, 0.2) is 53.5 Å². The predicted octanol–water partition coefficient (Wildman–Crippen LogP) is 3.82. The summed E-state index contributed by atoms with van der Waals surface area (Å²) in [6.07, 6.45) is 0.